The van der Waals surface area contributed by atoms with Gasteiger partial charge in [-0.05, 0) is 61.3 Å². The fourth-order valence-corrected chi connectivity index (χ4v) is 3.78. The maximum absolute atomic E-state index is 5.44. The topological polar surface area (TPSA) is 41.1 Å². The number of benzene rings is 1. The minimum absolute atomic E-state index is 0.236. The number of methoxy groups -OCH3 is 1. The van der Waals surface area contributed by atoms with Crippen LogP contribution < -0.4 is 4.74 Å². The van der Waals surface area contributed by atoms with Crippen LogP contribution in [-0.4, -0.2) is 35.1 Å². The Morgan fingerprint density at radius 2 is 2.04 bits per heavy atom. The molecule has 0 amide bonds. The molecule has 24 heavy (non-hydrogen) atoms. The summed E-state index contributed by atoms with van der Waals surface area (Å²) in [6.45, 7) is 2.27. The van der Waals surface area contributed by atoms with Crippen molar-refractivity contribution in [1.29, 1.82) is 0 Å². The van der Waals surface area contributed by atoms with Gasteiger partial charge in [-0.15, -0.1) is 0 Å². The predicted octanol–water partition coefficient (Wildman–Crippen LogP) is 4.15. The fourth-order valence-electron chi connectivity index (χ4n) is 3.78. The second-order valence-electron chi connectivity index (χ2n) is 6.44. The minimum atomic E-state index is 0.236. The molecule has 4 heteroatoms. The van der Waals surface area contributed by atoms with Crippen LogP contribution in [-0.2, 0) is 0 Å². The number of aromatic amines is 1. The smallest absolute Gasteiger partial charge is 0.119 e. The van der Waals surface area contributed by atoms with Gasteiger partial charge in [0.1, 0.15) is 5.75 Å². The van der Waals surface area contributed by atoms with E-state index < -0.39 is 0 Å². The molecule has 0 saturated carbocycles. The van der Waals surface area contributed by atoms with Crippen LogP contribution in [0.4, 0.5) is 0 Å². The van der Waals surface area contributed by atoms with Crippen molar-refractivity contribution in [3.05, 3.63) is 60.0 Å². The van der Waals surface area contributed by atoms with Crippen molar-refractivity contribution >= 4 is 10.9 Å². The molecule has 1 aromatic carbocycles. The van der Waals surface area contributed by atoms with Gasteiger partial charge in [-0.25, -0.2) is 0 Å². The number of likely N-dealkylation sites (tertiary alicyclic amines) is 1. The van der Waals surface area contributed by atoms with Gasteiger partial charge in [0.15, 0.2) is 0 Å². The highest BCUT2D eigenvalue weighted by atomic mass is 16.5. The summed E-state index contributed by atoms with van der Waals surface area (Å²) in [7, 11) is 1.72. The van der Waals surface area contributed by atoms with Gasteiger partial charge >= 0.3 is 0 Å². The first-order valence-electron chi connectivity index (χ1n) is 8.66. The number of H-pyrrole nitrogens is 1. The number of ether oxygens (including phenoxy) is 1. The van der Waals surface area contributed by atoms with Crippen molar-refractivity contribution in [3.63, 3.8) is 0 Å². The lowest BCUT2D eigenvalue weighted by atomic mass is 9.95. The lowest BCUT2D eigenvalue weighted by Gasteiger charge is -2.34. The summed E-state index contributed by atoms with van der Waals surface area (Å²) < 4.78 is 5.44. The molecule has 1 aliphatic rings. The Morgan fingerprint density at radius 1 is 1.17 bits per heavy atom. The Bertz CT molecular complexity index is 806. The van der Waals surface area contributed by atoms with E-state index in [1.807, 2.05) is 24.5 Å². The number of hydrogen-bond acceptors (Lipinski definition) is 3. The van der Waals surface area contributed by atoms with Gasteiger partial charge in [-0.2, -0.15) is 0 Å². The summed E-state index contributed by atoms with van der Waals surface area (Å²) in [5, 5.41) is 1.23. The molecule has 0 radical (unpaired) electrons. The number of aromatic nitrogens is 2. The van der Waals surface area contributed by atoms with E-state index in [-0.39, 0.29) is 6.04 Å². The predicted molar refractivity (Wildman–Crippen MR) is 96.4 cm³/mol. The van der Waals surface area contributed by atoms with Crippen molar-refractivity contribution < 1.29 is 4.74 Å². The van der Waals surface area contributed by atoms with Gasteiger partial charge < -0.3 is 9.72 Å². The zero-order valence-electron chi connectivity index (χ0n) is 14.0. The first-order chi connectivity index (χ1) is 11.9. The lowest BCUT2D eigenvalue weighted by molar-refractivity contribution is 0.188. The molecule has 3 aromatic rings. The molecule has 2 aromatic heterocycles. The molecule has 1 fully saturated rings. The van der Waals surface area contributed by atoms with Crippen LogP contribution in [0.1, 0.15) is 36.4 Å². The lowest BCUT2D eigenvalue weighted by Crippen LogP contribution is -2.34. The van der Waals surface area contributed by atoms with Crippen molar-refractivity contribution in [2.45, 2.75) is 25.3 Å². The molecular weight excluding hydrogens is 298 g/mol. The molecule has 1 aliphatic heterocycles. The van der Waals surface area contributed by atoms with Crippen molar-refractivity contribution in [3.8, 4) is 5.75 Å². The molecule has 4 nitrogen and oxygen atoms in total. The van der Waals surface area contributed by atoms with Crippen LogP contribution in [0, 0.1) is 0 Å². The molecular formula is C20H23N3O. The molecule has 1 atom stereocenters. The molecule has 1 saturated heterocycles. The highest BCUT2D eigenvalue weighted by Gasteiger charge is 2.26. The number of nitrogens with one attached hydrogen (secondary N) is 1. The molecule has 3 heterocycles. The highest BCUT2D eigenvalue weighted by molar-refractivity contribution is 5.85. The molecule has 0 bridgehead atoms. The first-order valence-corrected chi connectivity index (χ1v) is 8.66. The van der Waals surface area contributed by atoms with Crippen molar-refractivity contribution in [2.75, 3.05) is 20.2 Å². The summed E-state index contributed by atoms with van der Waals surface area (Å²) in [6, 6.07) is 10.7. The number of fused-ring (bicyclic) bond motifs is 1. The molecule has 0 aliphatic carbocycles. The first kappa shape index (κ1) is 15.2. The summed E-state index contributed by atoms with van der Waals surface area (Å²) in [6.07, 6.45) is 9.85. The van der Waals surface area contributed by atoms with E-state index in [4.69, 9.17) is 4.74 Å². The average Bonchev–Trinajstić information content (AvgIpc) is 3.07. The van der Waals surface area contributed by atoms with Crippen LogP contribution in [0.15, 0.2) is 48.9 Å². The van der Waals surface area contributed by atoms with E-state index >= 15 is 0 Å². The van der Waals surface area contributed by atoms with E-state index in [0.717, 1.165) is 24.4 Å². The minimum Gasteiger partial charge on any atom is -0.497 e. The number of rotatable bonds is 4. The van der Waals surface area contributed by atoms with Crippen LogP contribution in [0.3, 0.4) is 0 Å². The molecule has 0 spiro atoms. The summed E-state index contributed by atoms with van der Waals surface area (Å²) in [4.78, 5) is 10.4. The van der Waals surface area contributed by atoms with Gasteiger partial charge in [0.25, 0.3) is 0 Å². The van der Waals surface area contributed by atoms with Gasteiger partial charge in [0, 0.05) is 29.5 Å². The quantitative estimate of drug-likeness (QED) is 0.785. The van der Waals surface area contributed by atoms with Crippen LogP contribution in [0.25, 0.3) is 10.9 Å². The summed E-state index contributed by atoms with van der Waals surface area (Å²) in [5.74, 6) is 0.895. The van der Waals surface area contributed by atoms with Gasteiger partial charge in [-0.1, -0.05) is 12.5 Å². The third-order valence-corrected chi connectivity index (χ3v) is 4.97. The molecule has 4 rings (SSSR count). The van der Waals surface area contributed by atoms with E-state index in [0.29, 0.717) is 0 Å². The zero-order valence-corrected chi connectivity index (χ0v) is 14.0. The summed E-state index contributed by atoms with van der Waals surface area (Å²) in [5.41, 5.74) is 3.71. The number of pyridine rings is 1. The second kappa shape index (κ2) is 6.65. The van der Waals surface area contributed by atoms with E-state index in [1.165, 1.54) is 35.8 Å². The van der Waals surface area contributed by atoms with E-state index in [1.54, 1.807) is 7.11 Å². The number of piperidine rings is 1. The van der Waals surface area contributed by atoms with Crippen LogP contribution in [0.2, 0.25) is 0 Å². The van der Waals surface area contributed by atoms with Gasteiger partial charge in [0.2, 0.25) is 0 Å². The SMILES string of the molecule is COc1ccc2[nH]cc(C(c3cccnc3)N3CCCCC3)c2c1. The fraction of sp³-hybridized carbons (Fsp3) is 0.350. The Labute approximate surface area is 142 Å². The van der Waals surface area contributed by atoms with Crippen LogP contribution in [0.5, 0.6) is 5.75 Å². The second-order valence-corrected chi connectivity index (χ2v) is 6.44. The Balaban J connectivity index is 1.83. The third-order valence-electron chi connectivity index (χ3n) is 4.97. The maximum Gasteiger partial charge on any atom is 0.119 e. The van der Waals surface area contributed by atoms with E-state index in [9.17, 15) is 0 Å². The largest absolute Gasteiger partial charge is 0.497 e. The molecule has 1 unspecified atom stereocenters. The van der Waals surface area contributed by atoms with Crippen molar-refractivity contribution in [1.82, 2.24) is 14.9 Å². The number of hydrogen-bond donors (Lipinski definition) is 1. The highest BCUT2D eigenvalue weighted by Crippen LogP contribution is 2.36. The Hall–Kier alpha value is -2.33. The molecule has 124 valence electrons. The summed E-state index contributed by atoms with van der Waals surface area (Å²) >= 11 is 0. The number of nitrogens with zero attached hydrogens (tertiary/aromatic N) is 2. The van der Waals surface area contributed by atoms with Gasteiger partial charge in [0.05, 0.1) is 13.2 Å². The Kier molecular flexibility index (Phi) is 4.22. The maximum atomic E-state index is 5.44. The molecule has 1 N–H and O–H groups in total. The van der Waals surface area contributed by atoms with E-state index in [2.05, 4.69) is 39.3 Å². The van der Waals surface area contributed by atoms with Gasteiger partial charge in [-0.3, -0.25) is 9.88 Å². The monoisotopic (exact) mass is 321 g/mol. The Morgan fingerprint density at radius 3 is 2.79 bits per heavy atom. The normalized spacial score (nSPS) is 17.0. The standard InChI is InChI=1S/C20H23N3O/c1-24-16-7-8-19-17(12-16)18(14-22-19)20(15-6-5-9-21-13-15)23-10-3-2-4-11-23/h5-9,12-14,20,22H,2-4,10-11H2,1H3. The zero-order chi connectivity index (χ0) is 16.4. The van der Waals surface area contributed by atoms with Crippen LogP contribution >= 0.6 is 0 Å². The average molecular weight is 321 g/mol. The third kappa shape index (κ3) is 2.78. The van der Waals surface area contributed by atoms with Crippen molar-refractivity contribution in [2.24, 2.45) is 0 Å².